The summed E-state index contributed by atoms with van der Waals surface area (Å²) in [5, 5.41) is 4.63. The number of pyridine rings is 1. The van der Waals surface area contributed by atoms with E-state index in [1.807, 2.05) is 61.5 Å². The summed E-state index contributed by atoms with van der Waals surface area (Å²) in [6.45, 7) is 3.28. The molecule has 3 rings (SSSR count). The van der Waals surface area contributed by atoms with E-state index in [4.69, 9.17) is 33.3 Å². The lowest BCUT2D eigenvalue weighted by Gasteiger charge is -2.26. The molecule has 0 aliphatic carbocycles. The van der Waals surface area contributed by atoms with Gasteiger partial charge in [0.15, 0.2) is 16.6 Å². The summed E-state index contributed by atoms with van der Waals surface area (Å²) in [4.78, 5) is 6.55. The molecule has 3 aromatic rings. The molecule has 1 N–H and O–H groups in total. The molecule has 0 bridgehead atoms. The molecular weight excluding hydrogens is 430 g/mol. The van der Waals surface area contributed by atoms with Crippen LogP contribution >= 0.6 is 23.8 Å². The lowest BCUT2D eigenvalue weighted by molar-refractivity contribution is 0.354. The predicted molar refractivity (Wildman–Crippen MR) is 130 cm³/mol. The Morgan fingerprint density at radius 2 is 1.87 bits per heavy atom. The fourth-order valence-electron chi connectivity index (χ4n) is 3.11. The smallest absolute Gasteiger partial charge is 0.173 e. The van der Waals surface area contributed by atoms with E-state index in [9.17, 15) is 0 Å². The Balaban J connectivity index is 1.75. The molecule has 5 nitrogen and oxygen atoms in total. The largest absolute Gasteiger partial charge is 0.493 e. The molecule has 162 valence electrons. The van der Waals surface area contributed by atoms with Crippen LogP contribution in [0.1, 0.15) is 16.8 Å². The average molecular weight is 456 g/mol. The van der Waals surface area contributed by atoms with Gasteiger partial charge in [0, 0.05) is 23.5 Å². The zero-order valence-electron chi connectivity index (χ0n) is 17.9. The molecule has 0 spiro atoms. The van der Waals surface area contributed by atoms with Gasteiger partial charge in [-0.1, -0.05) is 29.8 Å². The van der Waals surface area contributed by atoms with Gasteiger partial charge in [-0.25, -0.2) is 0 Å². The van der Waals surface area contributed by atoms with Crippen LogP contribution in [0, 0.1) is 6.92 Å². The number of rotatable bonds is 8. The molecule has 0 radical (unpaired) electrons. The normalized spacial score (nSPS) is 10.5. The van der Waals surface area contributed by atoms with Crippen LogP contribution < -0.4 is 14.8 Å². The Bertz CT molecular complexity index is 1030. The number of aryl methyl sites for hydroxylation is 1. The molecule has 0 fully saturated rings. The Labute approximate surface area is 194 Å². The molecule has 0 saturated carbocycles. The standard InChI is InChI=1S/C24H26ClN3O2S/c1-17-7-9-19(15-21(17)25)27-24(31)28(16-20-6-4-5-12-26-20)13-11-18-8-10-22(29-2)23(14-18)30-3/h4-10,12,14-15H,11,13,16H2,1-3H3,(H,27,31). The number of methoxy groups -OCH3 is 2. The highest BCUT2D eigenvalue weighted by Gasteiger charge is 2.13. The Morgan fingerprint density at radius 1 is 1.06 bits per heavy atom. The van der Waals surface area contributed by atoms with Crippen LogP contribution in [0.2, 0.25) is 5.02 Å². The van der Waals surface area contributed by atoms with E-state index in [1.165, 1.54) is 0 Å². The average Bonchev–Trinajstić information content (AvgIpc) is 2.79. The van der Waals surface area contributed by atoms with Crippen molar-refractivity contribution in [2.75, 3.05) is 26.1 Å². The zero-order valence-corrected chi connectivity index (χ0v) is 19.5. The number of halogens is 1. The molecule has 0 atom stereocenters. The highest BCUT2D eigenvalue weighted by molar-refractivity contribution is 7.80. The zero-order chi connectivity index (χ0) is 22.2. The van der Waals surface area contributed by atoms with Crippen molar-refractivity contribution in [1.82, 2.24) is 9.88 Å². The number of nitrogens with one attached hydrogen (secondary N) is 1. The van der Waals surface area contributed by atoms with Crippen LogP contribution in [0.15, 0.2) is 60.8 Å². The third kappa shape index (κ3) is 6.32. The quantitative estimate of drug-likeness (QED) is 0.452. The second-order valence-electron chi connectivity index (χ2n) is 7.08. The number of aromatic nitrogens is 1. The fourth-order valence-corrected chi connectivity index (χ4v) is 3.57. The Hall–Kier alpha value is -2.83. The molecule has 1 aromatic heterocycles. The molecular formula is C24H26ClN3O2S. The van der Waals surface area contributed by atoms with E-state index >= 15 is 0 Å². The summed E-state index contributed by atoms with van der Waals surface area (Å²) in [6.07, 6.45) is 2.57. The van der Waals surface area contributed by atoms with E-state index in [0.717, 1.165) is 28.9 Å². The number of ether oxygens (including phenoxy) is 2. The molecule has 31 heavy (non-hydrogen) atoms. The molecule has 1 heterocycles. The number of hydrogen-bond donors (Lipinski definition) is 1. The van der Waals surface area contributed by atoms with E-state index in [1.54, 1.807) is 20.4 Å². The third-order valence-electron chi connectivity index (χ3n) is 4.91. The monoisotopic (exact) mass is 455 g/mol. The molecule has 7 heteroatoms. The van der Waals surface area contributed by atoms with Crippen molar-refractivity contribution in [3.8, 4) is 11.5 Å². The summed E-state index contributed by atoms with van der Waals surface area (Å²) in [5.74, 6) is 1.43. The minimum atomic E-state index is 0.597. The highest BCUT2D eigenvalue weighted by atomic mass is 35.5. The van der Waals surface area contributed by atoms with Gasteiger partial charge in [-0.3, -0.25) is 4.98 Å². The first kappa shape index (κ1) is 22.8. The van der Waals surface area contributed by atoms with Gasteiger partial charge in [0.05, 0.1) is 26.5 Å². The SMILES string of the molecule is COc1ccc(CCN(Cc2ccccn2)C(=S)Nc2ccc(C)c(Cl)c2)cc1OC. The minimum Gasteiger partial charge on any atom is -0.493 e. The summed E-state index contributed by atoms with van der Waals surface area (Å²) in [7, 11) is 3.27. The van der Waals surface area contributed by atoms with Crippen LogP contribution in [0.25, 0.3) is 0 Å². The second-order valence-corrected chi connectivity index (χ2v) is 7.87. The van der Waals surface area contributed by atoms with Crippen molar-refractivity contribution in [1.29, 1.82) is 0 Å². The van der Waals surface area contributed by atoms with Gasteiger partial charge >= 0.3 is 0 Å². The van der Waals surface area contributed by atoms with E-state index < -0.39 is 0 Å². The molecule has 2 aromatic carbocycles. The summed E-state index contributed by atoms with van der Waals surface area (Å²) >= 11 is 12.0. The topological polar surface area (TPSA) is 46.6 Å². The maximum absolute atomic E-state index is 6.27. The Morgan fingerprint density at radius 3 is 2.55 bits per heavy atom. The van der Waals surface area contributed by atoms with Crippen molar-refractivity contribution in [2.24, 2.45) is 0 Å². The van der Waals surface area contributed by atoms with Gasteiger partial charge in [0.2, 0.25) is 0 Å². The van der Waals surface area contributed by atoms with Crippen molar-refractivity contribution in [3.63, 3.8) is 0 Å². The van der Waals surface area contributed by atoms with E-state index in [0.29, 0.717) is 34.7 Å². The first-order valence-corrected chi connectivity index (χ1v) is 10.7. The number of anilines is 1. The third-order valence-corrected chi connectivity index (χ3v) is 5.68. The summed E-state index contributed by atoms with van der Waals surface area (Å²) in [5.41, 5.74) is 3.96. The molecule has 0 unspecified atom stereocenters. The number of hydrogen-bond acceptors (Lipinski definition) is 4. The second kappa shape index (κ2) is 11.0. The molecule has 0 aliphatic rings. The molecule has 0 amide bonds. The van der Waals surface area contributed by atoms with Crippen LogP contribution in [-0.4, -0.2) is 35.8 Å². The van der Waals surface area contributed by atoms with Gasteiger partial charge in [-0.15, -0.1) is 0 Å². The van der Waals surface area contributed by atoms with Crippen LogP contribution in [-0.2, 0) is 13.0 Å². The molecule has 0 saturated heterocycles. The van der Waals surface area contributed by atoms with Gasteiger partial charge in [0.1, 0.15) is 0 Å². The first-order chi connectivity index (χ1) is 15.0. The van der Waals surface area contributed by atoms with Gasteiger partial charge in [0.25, 0.3) is 0 Å². The van der Waals surface area contributed by atoms with Gasteiger partial charge < -0.3 is 19.7 Å². The lowest BCUT2D eigenvalue weighted by Crippen LogP contribution is -2.36. The lowest BCUT2D eigenvalue weighted by atomic mass is 10.1. The van der Waals surface area contributed by atoms with Crippen LogP contribution in [0.5, 0.6) is 11.5 Å². The molecule has 0 aliphatic heterocycles. The maximum atomic E-state index is 6.27. The van der Waals surface area contributed by atoms with Gasteiger partial charge in [-0.2, -0.15) is 0 Å². The van der Waals surface area contributed by atoms with Crippen LogP contribution in [0.3, 0.4) is 0 Å². The van der Waals surface area contributed by atoms with Crippen molar-refractivity contribution in [2.45, 2.75) is 19.9 Å². The number of nitrogens with zero attached hydrogens (tertiary/aromatic N) is 2. The van der Waals surface area contributed by atoms with Crippen molar-refractivity contribution in [3.05, 3.63) is 82.6 Å². The first-order valence-electron chi connectivity index (χ1n) is 9.93. The van der Waals surface area contributed by atoms with Crippen molar-refractivity contribution < 1.29 is 9.47 Å². The van der Waals surface area contributed by atoms with Crippen LogP contribution in [0.4, 0.5) is 5.69 Å². The Kier molecular flexibility index (Phi) is 8.09. The number of thiocarbonyl (C=S) groups is 1. The van der Waals surface area contributed by atoms with E-state index in [2.05, 4.69) is 15.2 Å². The predicted octanol–water partition coefficient (Wildman–Crippen LogP) is 5.50. The highest BCUT2D eigenvalue weighted by Crippen LogP contribution is 2.28. The number of benzene rings is 2. The van der Waals surface area contributed by atoms with Crippen molar-refractivity contribution >= 4 is 34.6 Å². The van der Waals surface area contributed by atoms with Gasteiger partial charge in [-0.05, 0) is 73.1 Å². The summed E-state index contributed by atoms with van der Waals surface area (Å²) in [6, 6.07) is 17.7. The minimum absolute atomic E-state index is 0.597. The fraction of sp³-hybridized carbons (Fsp3) is 0.250. The summed E-state index contributed by atoms with van der Waals surface area (Å²) < 4.78 is 10.8. The maximum Gasteiger partial charge on any atom is 0.173 e. The van der Waals surface area contributed by atoms with E-state index in [-0.39, 0.29) is 0 Å².